The van der Waals surface area contributed by atoms with E-state index in [1.54, 1.807) is 0 Å². The fourth-order valence-electron chi connectivity index (χ4n) is 2.57. The van der Waals surface area contributed by atoms with E-state index in [9.17, 15) is 0 Å². The molecular weight excluding hydrogens is 288 g/mol. The number of aromatic nitrogens is 1. The van der Waals surface area contributed by atoms with Crippen LogP contribution in [0.4, 0.5) is 0 Å². The predicted molar refractivity (Wildman–Crippen MR) is 79.9 cm³/mol. The molecular formula is C15H17BrN2. The molecule has 1 N–H and O–H groups in total. The van der Waals surface area contributed by atoms with Crippen molar-refractivity contribution in [2.75, 3.05) is 19.6 Å². The molecule has 1 aromatic carbocycles. The lowest BCUT2D eigenvalue weighted by Gasteiger charge is -2.22. The molecule has 2 heterocycles. The molecule has 94 valence electrons. The van der Waals surface area contributed by atoms with Crippen LogP contribution in [0.1, 0.15) is 12.0 Å². The smallest absolute Gasteiger partial charge is 0.0863 e. The zero-order valence-electron chi connectivity index (χ0n) is 10.3. The predicted octanol–water partition coefficient (Wildman–Crippen LogP) is 3.73. The molecule has 0 saturated heterocycles. The summed E-state index contributed by atoms with van der Waals surface area (Å²) in [5.41, 5.74) is 2.62. The fourth-order valence-corrected chi connectivity index (χ4v) is 3.20. The molecule has 18 heavy (non-hydrogen) atoms. The van der Waals surface area contributed by atoms with E-state index in [1.807, 2.05) is 0 Å². The summed E-state index contributed by atoms with van der Waals surface area (Å²) in [6.07, 6.45) is 6.83. The van der Waals surface area contributed by atoms with E-state index in [0.717, 1.165) is 24.1 Å². The number of aromatic amines is 1. The summed E-state index contributed by atoms with van der Waals surface area (Å²) in [5, 5.41) is 1.34. The van der Waals surface area contributed by atoms with Gasteiger partial charge in [-0.05, 0) is 40.4 Å². The van der Waals surface area contributed by atoms with Gasteiger partial charge in [-0.3, -0.25) is 4.90 Å². The Hall–Kier alpha value is -1.06. The van der Waals surface area contributed by atoms with E-state index >= 15 is 0 Å². The van der Waals surface area contributed by atoms with Gasteiger partial charge in [0.05, 0.1) is 4.60 Å². The highest BCUT2D eigenvalue weighted by Crippen LogP contribution is 2.26. The molecule has 1 aromatic heterocycles. The largest absolute Gasteiger partial charge is 0.349 e. The summed E-state index contributed by atoms with van der Waals surface area (Å²) >= 11 is 3.65. The first kappa shape index (κ1) is 12.0. The first-order valence-electron chi connectivity index (χ1n) is 6.47. The van der Waals surface area contributed by atoms with Crippen LogP contribution in [0.5, 0.6) is 0 Å². The minimum absolute atomic E-state index is 1.10. The van der Waals surface area contributed by atoms with Crippen LogP contribution in [0.2, 0.25) is 0 Å². The Morgan fingerprint density at radius 2 is 2.11 bits per heavy atom. The molecule has 0 spiro atoms. The minimum Gasteiger partial charge on any atom is -0.349 e. The molecule has 2 nitrogen and oxygen atoms in total. The summed E-state index contributed by atoms with van der Waals surface area (Å²) in [6.45, 7) is 3.42. The number of rotatable bonds is 3. The van der Waals surface area contributed by atoms with Gasteiger partial charge in [-0.25, -0.2) is 0 Å². The van der Waals surface area contributed by atoms with Crippen LogP contribution >= 0.6 is 15.9 Å². The first-order valence-corrected chi connectivity index (χ1v) is 7.26. The summed E-state index contributed by atoms with van der Waals surface area (Å²) in [7, 11) is 0. The molecule has 0 unspecified atom stereocenters. The molecule has 2 aromatic rings. The molecule has 0 aliphatic carbocycles. The second kappa shape index (κ2) is 5.29. The molecule has 1 aliphatic rings. The maximum atomic E-state index is 3.65. The SMILES string of the molecule is Brc1[nH]c2ccccc2c1CCN1CC=CCC1. The number of nitrogens with zero attached hydrogens (tertiary/aromatic N) is 1. The number of hydrogen-bond donors (Lipinski definition) is 1. The number of benzene rings is 1. The van der Waals surface area contributed by atoms with Crippen molar-refractivity contribution in [3.8, 4) is 0 Å². The topological polar surface area (TPSA) is 19.0 Å². The standard InChI is InChI=1S/C15H17BrN2/c16-15-13(8-11-18-9-4-1-5-10-18)12-6-2-3-7-14(12)17-15/h1-4,6-7,17H,5,8-11H2. The van der Waals surface area contributed by atoms with Crippen LogP contribution in [0, 0.1) is 0 Å². The summed E-state index contributed by atoms with van der Waals surface area (Å²) in [4.78, 5) is 5.91. The van der Waals surface area contributed by atoms with E-state index in [1.165, 1.54) is 29.4 Å². The number of nitrogens with one attached hydrogen (secondary N) is 1. The van der Waals surface area contributed by atoms with Crippen LogP contribution < -0.4 is 0 Å². The first-order chi connectivity index (χ1) is 8.84. The highest BCUT2D eigenvalue weighted by molar-refractivity contribution is 9.10. The zero-order valence-corrected chi connectivity index (χ0v) is 11.9. The van der Waals surface area contributed by atoms with Crippen LogP contribution in [0.25, 0.3) is 10.9 Å². The van der Waals surface area contributed by atoms with Gasteiger partial charge in [0.1, 0.15) is 0 Å². The van der Waals surface area contributed by atoms with Crippen molar-refractivity contribution in [2.24, 2.45) is 0 Å². The molecule has 3 heteroatoms. The van der Waals surface area contributed by atoms with Crippen molar-refractivity contribution < 1.29 is 0 Å². The number of halogens is 1. The van der Waals surface area contributed by atoms with Crippen molar-refractivity contribution in [2.45, 2.75) is 12.8 Å². The number of hydrogen-bond acceptors (Lipinski definition) is 1. The van der Waals surface area contributed by atoms with E-state index in [4.69, 9.17) is 0 Å². The third kappa shape index (κ3) is 2.38. The Morgan fingerprint density at radius 1 is 1.22 bits per heavy atom. The zero-order chi connectivity index (χ0) is 12.4. The van der Waals surface area contributed by atoms with Gasteiger partial charge in [-0.1, -0.05) is 30.4 Å². The lowest BCUT2D eigenvalue weighted by atomic mass is 10.1. The number of fused-ring (bicyclic) bond motifs is 1. The summed E-state index contributed by atoms with van der Waals surface area (Å²) in [5.74, 6) is 0. The molecule has 0 atom stereocenters. The monoisotopic (exact) mass is 304 g/mol. The second-order valence-electron chi connectivity index (χ2n) is 4.77. The molecule has 0 fully saturated rings. The Bertz CT molecular complexity index is 571. The van der Waals surface area contributed by atoms with Crippen LogP contribution in [-0.4, -0.2) is 29.5 Å². The Balaban J connectivity index is 1.77. The van der Waals surface area contributed by atoms with Gasteiger partial charge in [-0.2, -0.15) is 0 Å². The molecule has 0 bridgehead atoms. The normalized spacial score (nSPS) is 16.5. The van der Waals surface area contributed by atoms with Crippen molar-refractivity contribution in [3.05, 3.63) is 46.6 Å². The minimum atomic E-state index is 1.10. The Kier molecular flexibility index (Phi) is 3.52. The third-order valence-corrected chi connectivity index (χ3v) is 4.26. The molecule has 1 aliphatic heterocycles. The highest BCUT2D eigenvalue weighted by Gasteiger charge is 2.11. The lowest BCUT2D eigenvalue weighted by Crippen LogP contribution is -2.29. The number of H-pyrrole nitrogens is 1. The van der Waals surface area contributed by atoms with Gasteiger partial charge >= 0.3 is 0 Å². The number of para-hydroxylation sites is 1. The average molecular weight is 305 g/mol. The second-order valence-corrected chi connectivity index (χ2v) is 5.57. The Morgan fingerprint density at radius 3 is 2.94 bits per heavy atom. The van der Waals surface area contributed by atoms with E-state index in [0.29, 0.717) is 0 Å². The molecule has 0 saturated carbocycles. The van der Waals surface area contributed by atoms with Crippen LogP contribution in [0.3, 0.4) is 0 Å². The molecule has 3 rings (SSSR count). The molecule has 0 radical (unpaired) electrons. The van der Waals surface area contributed by atoms with E-state index < -0.39 is 0 Å². The van der Waals surface area contributed by atoms with Gasteiger partial charge in [-0.15, -0.1) is 0 Å². The van der Waals surface area contributed by atoms with E-state index in [2.05, 4.69) is 62.2 Å². The Labute approximate surface area is 116 Å². The maximum Gasteiger partial charge on any atom is 0.0863 e. The quantitative estimate of drug-likeness (QED) is 0.856. The van der Waals surface area contributed by atoms with Crippen molar-refractivity contribution in [3.63, 3.8) is 0 Å². The highest BCUT2D eigenvalue weighted by atomic mass is 79.9. The maximum absolute atomic E-state index is 3.65. The van der Waals surface area contributed by atoms with Gasteiger partial charge in [0, 0.05) is 30.5 Å². The van der Waals surface area contributed by atoms with Gasteiger partial charge in [0.15, 0.2) is 0 Å². The van der Waals surface area contributed by atoms with Crippen LogP contribution in [0.15, 0.2) is 41.0 Å². The molecule has 0 amide bonds. The van der Waals surface area contributed by atoms with Gasteiger partial charge in [0.25, 0.3) is 0 Å². The van der Waals surface area contributed by atoms with Gasteiger partial charge < -0.3 is 4.98 Å². The van der Waals surface area contributed by atoms with Crippen molar-refractivity contribution >= 4 is 26.8 Å². The van der Waals surface area contributed by atoms with E-state index in [-0.39, 0.29) is 0 Å². The van der Waals surface area contributed by atoms with Crippen molar-refractivity contribution in [1.82, 2.24) is 9.88 Å². The fraction of sp³-hybridized carbons (Fsp3) is 0.333. The average Bonchev–Trinajstić information content (AvgIpc) is 2.73. The van der Waals surface area contributed by atoms with Crippen molar-refractivity contribution in [1.29, 1.82) is 0 Å². The lowest BCUT2D eigenvalue weighted by molar-refractivity contribution is 0.303. The summed E-state index contributed by atoms with van der Waals surface area (Å²) < 4.78 is 1.14. The van der Waals surface area contributed by atoms with Gasteiger partial charge in [0.2, 0.25) is 0 Å². The third-order valence-electron chi connectivity index (χ3n) is 3.58. The van der Waals surface area contributed by atoms with Crippen LogP contribution in [-0.2, 0) is 6.42 Å². The summed E-state index contributed by atoms with van der Waals surface area (Å²) in [6, 6.07) is 8.51.